The van der Waals surface area contributed by atoms with Crippen LogP contribution in [0, 0.1) is 19.3 Å². The van der Waals surface area contributed by atoms with Gasteiger partial charge in [0.15, 0.2) is 0 Å². The molecule has 4 rings (SSSR count). The zero-order chi connectivity index (χ0) is 29.6. The molecule has 1 aliphatic rings. The number of ether oxygens (including phenoxy) is 1. The topological polar surface area (TPSA) is 123 Å². The second-order valence-electron chi connectivity index (χ2n) is 11.8. The highest BCUT2D eigenvalue weighted by Crippen LogP contribution is 2.44. The smallest absolute Gasteiger partial charge is 0.290 e. The lowest BCUT2D eigenvalue weighted by molar-refractivity contribution is -0.122. The fraction of sp³-hybridized carbons (Fsp3) is 0.484. The van der Waals surface area contributed by atoms with E-state index < -0.39 is 0 Å². The summed E-state index contributed by atoms with van der Waals surface area (Å²) in [5.74, 6) is 7.30. The number of morpholine rings is 1. The average molecular weight is 551 g/mol. The fourth-order valence-corrected chi connectivity index (χ4v) is 5.59. The highest BCUT2D eigenvalue weighted by atomic mass is 16.5. The number of benzene rings is 2. The number of hydrogen-bond donors (Lipinski definition) is 3. The van der Waals surface area contributed by atoms with Crippen molar-refractivity contribution in [2.24, 2.45) is 11.3 Å². The van der Waals surface area contributed by atoms with Crippen LogP contribution in [0.3, 0.4) is 0 Å². The summed E-state index contributed by atoms with van der Waals surface area (Å²) in [5, 5.41) is 8.47. The summed E-state index contributed by atoms with van der Waals surface area (Å²) in [7, 11) is 1.82. The van der Waals surface area contributed by atoms with Crippen molar-refractivity contribution in [3.05, 3.63) is 76.4 Å². The Labute approximate surface area is 238 Å². The Morgan fingerprint density at radius 3 is 2.55 bits per heavy atom. The number of imidazole rings is 1. The van der Waals surface area contributed by atoms with Gasteiger partial charge in [-0.15, -0.1) is 0 Å². The Balaban J connectivity index is 0.00000141. The van der Waals surface area contributed by atoms with Gasteiger partial charge in [-0.2, -0.15) is 0 Å². The maximum atomic E-state index is 8.36. The molecule has 0 radical (unpaired) electrons. The summed E-state index contributed by atoms with van der Waals surface area (Å²) in [5.41, 5.74) is 14.4. The van der Waals surface area contributed by atoms with Gasteiger partial charge in [-0.25, -0.2) is 10.8 Å². The van der Waals surface area contributed by atoms with E-state index in [1.807, 2.05) is 19.3 Å². The van der Waals surface area contributed by atoms with Crippen LogP contribution in [0.25, 0.3) is 0 Å². The first kappa shape index (κ1) is 31.1. The van der Waals surface area contributed by atoms with E-state index in [1.54, 1.807) is 5.01 Å². The SMILES string of the molecule is Cc1ccc(C(c2ccc(N(C)N)c(N)c2C)C(C)(C)C)cc1Cn1ccnc1CN1CCOC(C)C1.O=CO. The molecule has 1 aliphatic heterocycles. The molecular weight excluding hydrogens is 504 g/mol. The number of nitrogen functional groups attached to an aromatic ring is 1. The number of nitrogens with zero attached hydrogens (tertiary/aromatic N) is 4. The molecule has 0 aliphatic carbocycles. The first-order valence-corrected chi connectivity index (χ1v) is 13.8. The van der Waals surface area contributed by atoms with Crippen molar-refractivity contribution in [1.29, 1.82) is 0 Å². The Hall–Kier alpha value is -3.40. The van der Waals surface area contributed by atoms with Crippen LogP contribution in [0.15, 0.2) is 42.7 Å². The summed E-state index contributed by atoms with van der Waals surface area (Å²) in [4.78, 5) is 15.5. The van der Waals surface area contributed by atoms with Crippen LogP contribution in [0.1, 0.15) is 67.3 Å². The van der Waals surface area contributed by atoms with E-state index in [1.165, 1.54) is 22.3 Å². The van der Waals surface area contributed by atoms with Gasteiger partial charge < -0.3 is 25.2 Å². The molecular formula is C31H46N6O3. The van der Waals surface area contributed by atoms with E-state index in [0.717, 1.165) is 55.5 Å². The van der Waals surface area contributed by atoms with Gasteiger partial charge in [0.25, 0.3) is 6.47 Å². The second kappa shape index (κ2) is 13.3. The molecule has 9 nitrogen and oxygen atoms in total. The predicted octanol–water partition coefficient (Wildman–Crippen LogP) is 4.54. The van der Waals surface area contributed by atoms with Crippen molar-refractivity contribution < 1.29 is 14.6 Å². The van der Waals surface area contributed by atoms with Crippen LogP contribution in [-0.2, 0) is 22.6 Å². The number of hydrogen-bond acceptors (Lipinski definition) is 7. The second-order valence-corrected chi connectivity index (χ2v) is 11.8. The van der Waals surface area contributed by atoms with E-state index in [2.05, 4.69) is 81.5 Å². The van der Waals surface area contributed by atoms with E-state index in [9.17, 15) is 0 Å². The van der Waals surface area contributed by atoms with E-state index in [4.69, 9.17) is 31.2 Å². The van der Waals surface area contributed by atoms with Gasteiger partial charge in [-0.3, -0.25) is 9.69 Å². The Kier molecular flexibility index (Phi) is 10.4. The molecule has 9 heteroatoms. The maximum absolute atomic E-state index is 8.36. The van der Waals surface area contributed by atoms with Crippen molar-refractivity contribution in [1.82, 2.24) is 14.5 Å². The molecule has 1 saturated heterocycles. The zero-order valence-electron chi connectivity index (χ0n) is 25.0. The minimum Gasteiger partial charge on any atom is -0.483 e. The van der Waals surface area contributed by atoms with Crippen LogP contribution in [-0.4, -0.2) is 58.9 Å². The number of aromatic nitrogens is 2. The van der Waals surface area contributed by atoms with Gasteiger partial charge in [0.05, 0.1) is 30.6 Å². The van der Waals surface area contributed by atoms with E-state index in [-0.39, 0.29) is 23.9 Å². The Morgan fingerprint density at radius 2 is 1.93 bits per heavy atom. The van der Waals surface area contributed by atoms with Gasteiger partial charge in [-0.1, -0.05) is 45.0 Å². The summed E-state index contributed by atoms with van der Waals surface area (Å²) in [6.45, 7) is 17.4. The molecule has 218 valence electrons. The van der Waals surface area contributed by atoms with Gasteiger partial charge in [0.2, 0.25) is 0 Å². The Morgan fingerprint density at radius 1 is 1.23 bits per heavy atom. The lowest BCUT2D eigenvalue weighted by Crippen LogP contribution is -2.41. The van der Waals surface area contributed by atoms with Crippen LogP contribution in [0.4, 0.5) is 11.4 Å². The van der Waals surface area contributed by atoms with Crippen LogP contribution in [0.2, 0.25) is 0 Å². The first-order valence-electron chi connectivity index (χ1n) is 13.8. The molecule has 0 spiro atoms. The highest BCUT2D eigenvalue weighted by molar-refractivity contribution is 5.72. The summed E-state index contributed by atoms with van der Waals surface area (Å²) < 4.78 is 8.00. The molecule has 40 heavy (non-hydrogen) atoms. The third kappa shape index (κ3) is 7.41. The minimum atomic E-state index is -0.250. The number of rotatable bonds is 7. The third-order valence-electron chi connectivity index (χ3n) is 7.63. The van der Waals surface area contributed by atoms with Gasteiger partial charge in [0.1, 0.15) is 5.82 Å². The third-order valence-corrected chi connectivity index (χ3v) is 7.63. The van der Waals surface area contributed by atoms with Gasteiger partial charge in [0, 0.05) is 45.0 Å². The molecule has 2 heterocycles. The molecule has 0 saturated carbocycles. The minimum absolute atomic E-state index is 0.00689. The highest BCUT2D eigenvalue weighted by Gasteiger charge is 2.30. The number of carbonyl (C=O) groups is 1. The van der Waals surface area contributed by atoms with Gasteiger partial charge >= 0.3 is 0 Å². The van der Waals surface area contributed by atoms with Crippen LogP contribution < -0.4 is 16.6 Å². The number of hydrazine groups is 1. The molecule has 1 aromatic heterocycles. The number of aryl methyl sites for hydroxylation is 1. The zero-order valence-corrected chi connectivity index (χ0v) is 25.0. The van der Waals surface area contributed by atoms with E-state index >= 15 is 0 Å². The van der Waals surface area contributed by atoms with Gasteiger partial charge in [-0.05, 0) is 60.1 Å². The van der Waals surface area contributed by atoms with Crippen LogP contribution >= 0.6 is 0 Å². The molecule has 5 N–H and O–H groups in total. The number of nitrogens with two attached hydrogens (primary N) is 2. The number of carboxylic acid groups (broad SMARTS) is 1. The number of anilines is 2. The first-order chi connectivity index (χ1) is 18.9. The Bertz CT molecular complexity index is 1280. The molecule has 0 bridgehead atoms. The van der Waals surface area contributed by atoms with Crippen molar-refractivity contribution in [3.63, 3.8) is 0 Å². The molecule has 2 unspecified atom stereocenters. The summed E-state index contributed by atoms with van der Waals surface area (Å²) in [6.07, 6.45) is 4.28. The summed E-state index contributed by atoms with van der Waals surface area (Å²) >= 11 is 0. The van der Waals surface area contributed by atoms with Crippen LogP contribution in [0.5, 0.6) is 0 Å². The molecule has 2 atom stereocenters. The standard InChI is InChI=1S/C30H44N6O.CH2O2/c1-20-8-9-23(28(30(4,5)6)25-10-11-26(34(7)32)29(31)22(25)3)16-24(20)18-36-13-12-33-27(36)19-35-14-15-37-21(2)17-35;2-1-3/h8-13,16,21,28H,14-15,17-19,31-32H2,1-7H3;1H,(H,2,3). The van der Waals surface area contributed by atoms with Crippen molar-refractivity contribution >= 4 is 17.8 Å². The van der Waals surface area contributed by atoms with Crippen molar-refractivity contribution in [2.45, 2.75) is 66.7 Å². The summed E-state index contributed by atoms with van der Waals surface area (Å²) in [6, 6.07) is 11.1. The molecule has 1 fully saturated rings. The molecule has 2 aromatic carbocycles. The lowest BCUT2D eigenvalue weighted by Gasteiger charge is -2.34. The fourth-order valence-electron chi connectivity index (χ4n) is 5.59. The van der Waals surface area contributed by atoms with E-state index in [0.29, 0.717) is 0 Å². The monoisotopic (exact) mass is 550 g/mol. The average Bonchev–Trinajstić information content (AvgIpc) is 3.29. The quantitative estimate of drug-likeness (QED) is 0.170. The predicted molar refractivity (Wildman–Crippen MR) is 161 cm³/mol. The largest absolute Gasteiger partial charge is 0.483 e. The maximum Gasteiger partial charge on any atom is 0.290 e. The molecule has 0 amide bonds. The normalized spacial score (nSPS) is 16.6. The molecule has 3 aromatic rings. The lowest BCUT2D eigenvalue weighted by atomic mass is 9.71. The van der Waals surface area contributed by atoms with Crippen molar-refractivity contribution in [3.8, 4) is 0 Å². The van der Waals surface area contributed by atoms with Crippen molar-refractivity contribution in [2.75, 3.05) is 37.5 Å².